The Labute approximate surface area is 99.6 Å². The minimum atomic E-state index is -0.0271. The van der Waals surface area contributed by atoms with E-state index in [1.165, 1.54) is 6.42 Å². The fraction of sp³-hybridized carbons (Fsp3) is 0.467. The third kappa shape index (κ3) is 1.47. The zero-order valence-electron chi connectivity index (χ0n) is 10.0. The lowest BCUT2D eigenvalue weighted by atomic mass is 9.78. The van der Waals surface area contributed by atoms with Gasteiger partial charge in [0.15, 0.2) is 0 Å². The molecule has 2 bridgehead atoms. The van der Waals surface area contributed by atoms with Crippen LogP contribution < -0.4 is 0 Å². The Hall–Kier alpha value is -0.610. The Bertz CT molecular complexity index is 400. The van der Waals surface area contributed by atoms with Crippen LogP contribution in [0.25, 0.3) is 0 Å². The van der Waals surface area contributed by atoms with Crippen LogP contribution in [-0.2, 0) is 0 Å². The van der Waals surface area contributed by atoms with Crippen molar-refractivity contribution in [2.24, 2.45) is 17.8 Å². The molecule has 2 aliphatic heterocycles. The number of hydrogen-bond donors (Lipinski definition) is 0. The molecule has 1 aliphatic carbocycles. The first-order valence-electron chi connectivity index (χ1n) is 6.34. The summed E-state index contributed by atoms with van der Waals surface area (Å²) >= 11 is 0. The van der Waals surface area contributed by atoms with Crippen molar-refractivity contribution in [2.75, 3.05) is 0 Å². The Morgan fingerprint density at radius 1 is 1.25 bits per heavy atom. The second-order valence-corrected chi connectivity index (χ2v) is 7.31. The monoisotopic (exact) mass is 230 g/mol. The van der Waals surface area contributed by atoms with Crippen molar-refractivity contribution in [3.63, 3.8) is 0 Å². The van der Waals surface area contributed by atoms with Crippen LogP contribution >= 0.6 is 7.92 Å². The van der Waals surface area contributed by atoms with E-state index >= 15 is 0 Å². The summed E-state index contributed by atoms with van der Waals surface area (Å²) in [5.41, 5.74) is 0.885. The van der Waals surface area contributed by atoms with E-state index in [9.17, 15) is 0 Å². The second-order valence-electron chi connectivity index (χ2n) is 5.08. The van der Waals surface area contributed by atoms with E-state index in [2.05, 4.69) is 56.1 Å². The third-order valence-electron chi connectivity index (χ3n) is 4.24. The van der Waals surface area contributed by atoms with E-state index in [1.807, 2.05) is 0 Å². The minimum absolute atomic E-state index is 0.0271. The lowest BCUT2D eigenvalue weighted by Crippen LogP contribution is -2.35. The normalized spacial score (nSPS) is 44.1. The van der Waals surface area contributed by atoms with Gasteiger partial charge in [-0.1, -0.05) is 56.1 Å². The van der Waals surface area contributed by atoms with E-state index in [0.717, 1.165) is 17.5 Å². The van der Waals surface area contributed by atoms with Crippen molar-refractivity contribution in [2.45, 2.75) is 25.9 Å². The van der Waals surface area contributed by atoms with Crippen molar-refractivity contribution >= 4 is 7.92 Å². The molecule has 5 unspecified atom stereocenters. The lowest BCUT2D eigenvalue weighted by molar-refractivity contribution is 0.373. The zero-order valence-corrected chi connectivity index (χ0v) is 10.9. The van der Waals surface area contributed by atoms with Gasteiger partial charge >= 0.3 is 0 Å². The summed E-state index contributed by atoms with van der Waals surface area (Å²) in [4.78, 5) is 0. The van der Waals surface area contributed by atoms with Crippen LogP contribution in [0.3, 0.4) is 0 Å². The molecule has 0 saturated carbocycles. The van der Waals surface area contributed by atoms with Gasteiger partial charge in [-0.3, -0.25) is 0 Å². The summed E-state index contributed by atoms with van der Waals surface area (Å²) in [5.74, 6) is 4.80. The van der Waals surface area contributed by atoms with Gasteiger partial charge in [-0.05, 0) is 43.1 Å². The van der Waals surface area contributed by atoms with E-state index < -0.39 is 0 Å². The highest BCUT2D eigenvalue weighted by Gasteiger charge is 2.40. The predicted octanol–water partition coefficient (Wildman–Crippen LogP) is 4.67. The molecule has 0 radical (unpaired) electrons. The summed E-state index contributed by atoms with van der Waals surface area (Å²) in [6.45, 7) is 4.78. The van der Waals surface area contributed by atoms with Gasteiger partial charge in [0.05, 0.1) is 0 Å². The molecule has 0 nitrogen and oxygen atoms in total. The van der Waals surface area contributed by atoms with Crippen LogP contribution in [0.15, 0.2) is 47.6 Å². The minimum Gasteiger partial charge on any atom is -0.0842 e. The van der Waals surface area contributed by atoms with Gasteiger partial charge in [-0.15, -0.1) is 0 Å². The first-order valence-corrected chi connectivity index (χ1v) is 7.82. The molecular formula is C15H19P. The highest BCUT2D eigenvalue weighted by atomic mass is 31.1. The quantitative estimate of drug-likeness (QED) is 0.453. The van der Waals surface area contributed by atoms with Gasteiger partial charge in [-0.2, -0.15) is 0 Å². The van der Waals surface area contributed by atoms with E-state index in [1.54, 1.807) is 5.31 Å². The largest absolute Gasteiger partial charge is 0.0842 e. The van der Waals surface area contributed by atoms with Crippen LogP contribution in [0, 0.1) is 17.8 Å². The van der Waals surface area contributed by atoms with Gasteiger partial charge in [0, 0.05) is 0 Å². The Kier molecular flexibility index (Phi) is 2.64. The number of hydrogen-bond acceptors (Lipinski definition) is 0. The standard InChI is InChI=1S/C15H19P/c1-3-12-7-8-13-10-14-6-4-5-9-16(14)15(12)11(13)2/h4-13,15H,3H2,1-2H3. The molecule has 0 saturated heterocycles. The highest BCUT2D eigenvalue weighted by Crippen LogP contribution is 2.63. The summed E-state index contributed by atoms with van der Waals surface area (Å²) in [6, 6.07) is 0. The van der Waals surface area contributed by atoms with Crippen molar-refractivity contribution < 1.29 is 0 Å². The van der Waals surface area contributed by atoms with Crippen LogP contribution in [-0.4, -0.2) is 5.66 Å². The van der Waals surface area contributed by atoms with Crippen molar-refractivity contribution in [3.05, 3.63) is 47.6 Å². The molecule has 3 aliphatic rings. The molecule has 0 N–H and O–H groups in total. The van der Waals surface area contributed by atoms with Gasteiger partial charge in [0.25, 0.3) is 0 Å². The molecule has 0 spiro atoms. The zero-order chi connectivity index (χ0) is 11.1. The summed E-state index contributed by atoms with van der Waals surface area (Å²) in [7, 11) is -0.0271. The predicted molar refractivity (Wildman–Crippen MR) is 72.6 cm³/mol. The average Bonchev–Trinajstić information content (AvgIpc) is 2.30. The number of rotatable bonds is 1. The lowest BCUT2D eigenvalue weighted by Gasteiger charge is -2.45. The maximum Gasteiger partial charge on any atom is -0.00118 e. The molecule has 0 aromatic carbocycles. The molecule has 3 rings (SSSR count). The average molecular weight is 230 g/mol. The first-order chi connectivity index (χ1) is 7.81. The second kappa shape index (κ2) is 4.00. The number of fused-ring (bicyclic) bond motifs is 4. The molecule has 0 fully saturated rings. The maximum atomic E-state index is 2.51. The summed E-state index contributed by atoms with van der Waals surface area (Å²) in [6.07, 6.45) is 15.5. The Morgan fingerprint density at radius 2 is 2.12 bits per heavy atom. The summed E-state index contributed by atoms with van der Waals surface area (Å²) in [5, 5.41) is 1.62. The van der Waals surface area contributed by atoms with Crippen LogP contribution in [0.5, 0.6) is 0 Å². The molecule has 0 aromatic rings. The molecule has 2 heterocycles. The van der Waals surface area contributed by atoms with E-state index in [0.29, 0.717) is 5.92 Å². The molecular weight excluding hydrogens is 211 g/mol. The Morgan fingerprint density at radius 3 is 2.94 bits per heavy atom. The Balaban J connectivity index is 2.05. The highest BCUT2D eigenvalue weighted by molar-refractivity contribution is 7.66. The number of allylic oxidation sites excluding steroid dienone is 7. The maximum absolute atomic E-state index is 2.51. The fourth-order valence-corrected chi connectivity index (χ4v) is 6.33. The van der Waals surface area contributed by atoms with Crippen LogP contribution in [0.1, 0.15) is 20.3 Å². The topological polar surface area (TPSA) is 0 Å². The van der Waals surface area contributed by atoms with Crippen LogP contribution in [0.4, 0.5) is 0 Å². The molecule has 84 valence electrons. The summed E-state index contributed by atoms with van der Waals surface area (Å²) < 4.78 is 0. The van der Waals surface area contributed by atoms with Crippen molar-refractivity contribution in [1.29, 1.82) is 0 Å². The molecule has 16 heavy (non-hydrogen) atoms. The van der Waals surface area contributed by atoms with Gasteiger partial charge in [-0.25, -0.2) is 0 Å². The van der Waals surface area contributed by atoms with E-state index in [-0.39, 0.29) is 7.92 Å². The molecule has 5 atom stereocenters. The van der Waals surface area contributed by atoms with Gasteiger partial charge < -0.3 is 0 Å². The van der Waals surface area contributed by atoms with Crippen molar-refractivity contribution in [1.82, 2.24) is 0 Å². The van der Waals surface area contributed by atoms with Crippen molar-refractivity contribution in [3.8, 4) is 0 Å². The van der Waals surface area contributed by atoms with Crippen LogP contribution in [0.2, 0.25) is 0 Å². The smallest absolute Gasteiger partial charge is 0.00118 e. The SMILES string of the molecule is CCC1C=CC2C=C3C=CC=CP3C1C2C. The third-order valence-corrected chi connectivity index (χ3v) is 7.13. The first kappa shape index (κ1) is 10.5. The molecule has 1 heteroatoms. The van der Waals surface area contributed by atoms with E-state index in [4.69, 9.17) is 0 Å². The molecule has 0 amide bonds. The van der Waals surface area contributed by atoms with Gasteiger partial charge in [0.2, 0.25) is 0 Å². The molecule has 0 aromatic heterocycles. The fourth-order valence-electron chi connectivity index (χ4n) is 3.30. The van der Waals surface area contributed by atoms with Gasteiger partial charge in [0.1, 0.15) is 0 Å².